The van der Waals surface area contributed by atoms with Crippen LogP contribution >= 0.6 is 0 Å². The van der Waals surface area contributed by atoms with Gasteiger partial charge in [-0.25, -0.2) is 4.79 Å². The van der Waals surface area contributed by atoms with Crippen LogP contribution < -0.4 is 9.81 Å². The highest BCUT2D eigenvalue weighted by Gasteiger charge is 2.33. The maximum absolute atomic E-state index is 13.5. The molecule has 1 heterocycles. The number of carbonyl (C=O) groups is 1. The van der Waals surface area contributed by atoms with Crippen LogP contribution in [-0.4, -0.2) is 32.6 Å². The summed E-state index contributed by atoms with van der Waals surface area (Å²) < 4.78 is 63.3. The molecule has 10 nitrogen and oxygen atoms in total. The zero-order chi connectivity index (χ0) is 25.3. The van der Waals surface area contributed by atoms with Gasteiger partial charge in [0.25, 0.3) is 10.1 Å². The Hall–Kier alpha value is -3.84. The van der Waals surface area contributed by atoms with Crippen LogP contribution in [0.1, 0.15) is 27.4 Å². The molecule has 2 atom stereocenters. The van der Waals surface area contributed by atoms with Crippen molar-refractivity contribution in [1.82, 2.24) is 0 Å². The van der Waals surface area contributed by atoms with Crippen molar-refractivity contribution in [3.05, 3.63) is 99.9 Å². The minimum atomic E-state index is -5.04. The van der Waals surface area contributed by atoms with Crippen molar-refractivity contribution >= 4 is 38.2 Å². The van der Waals surface area contributed by atoms with Crippen molar-refractivity contribution in [3.8, 4) is 11.5 Å². The molecule has 3 aromatic carbocycles. The van der Waals surface area contributed by atoms with E-state index in [2.05, 4.69) is 4.18 Å². The van der Waals surface area contributed by atoms with E-state index in [0.717, 1.165) is 6.07 Å². The molecular weight excluding hydrogens is 500 g/mol. The number of benzene rings is 3. The Morgan fingerprint density at radius 1 is 1.00 bits per heavy atom. The van der Waals surface area contributed by atoms with Crippen molar-refractivity contribution in [2.24, 2.45) is 0 Å². The molecule has 12 heteroatoms. The van der Waals surface area contributed by atoms with Gasteiger partial charge in [-0.1, -0.05) is 60.7 Å². The van der Waals surface area contributed by atoms with Gasteiger partial charge in [-0.15, -0.1) is 0 Å². The van der Waals surface area contributed by atoms with Crippen LogP contribution in [0.25, 0.3) is 11.0 Å². The van der Waals surface area contributed by atoms with Crippen molar-refractivity contribution in [1.29, 1.82) is 0 Å². The fourth-order valence-corrected chi connectivity index (χ4v) is 4.60. The van der Waals surface area contributed by atoms with Crippen molar-refractivity contribution < 1.29 is 40.2 Å². The van der Waals surface area contributed by atoms with E-state index < -0.39 is 71.7 Å². The molecule has 0 bridgehead atoms. The summed E-state index contributed by atoms with van der Waals surface area (Å²) in [7, 11) is -5.04. The molecule has 0 aliphatic rings. The number of Topliss-reactive ketones (excluding diaryl/α,β-unsaturated/α-hetero) is 1. The lowest BCUT2D eigenvalue weighted by atomic mass is 9.84. The van der Waals surface area contributed by atoms with Crippen LogP contribution in [0, 0.1) is 0 Å². The molecule has 35 heavy (non-hydrogen) atoms. The summed E-state index contributed by atoms with van der Waals surface area (Å²) in [6, 6.07) is 17.6. The van der Waals surface area contributed by atoms with E-state index >= 15 is 0 Å². The predicted octanol–water partition coefficient (Wildman–Crippen LogP) is 3.28. The van der Waals surface area contributed by atoms with Crippen LogP contribution in [0.3, 0.4) is 0 Å². The summed E-state index contributed by atoms with van der Waals surface area (Å²) in [6.45, 7) is 0. The Morgan fingerprint density at radius 3 is 2.17 bits per heavy atom. The van der Waals surface area contributed by atoms with Crippen LogP contribution in [0.15, 0.2) is 86.9 Å². The van der Waals surface area contributed by atoms with Crippen LogP contribution in [0.5, 0.6) is 11.5 Å². The Bertz CT molecular complexity index is 1610. The summed E-state index contributed by atoms with van der Waals surface area (Å²) in [6.07, 6.45) is 0. The number of carbonyl (C=O) groups excluding carboxylic acids is 1. The molecule has 3 N–H and O–H groups in total. The second-order valence-corrected chi connectivity index (χ2v) is 9.29. The van der Waals surface area contributed by atoms with Gasteiger partial charge in [-0.3, -0.25) is 13.9 Å². The lowest BCUT2D eigenvalue weighted by Gasteiger charge is -2.18. The van der Waals surface area contributed by atoms with E-state index in [4.69, 9.17) is 8.97 Å². The minimum Gasteiger partial charge on any atom is -0.507 e. The van der Waals surface area contributed by atoms with Gasteiger partial charge in [0, 0.05) is 11.6 Å². The molecule has 0 saturated heterocycles. The monoisotopic (exact) mass is 516 g/mol. The van der Waals surface area contributed by atoms with E-state index in [9.17, 15) is 31.9 Å². The largest absolute Gasteiger partial charge is 0.507 e. The molecule has 4 rings (SSSR count). The lowest BCUT2D eigenvalue weighted by Crippen LogP contribution is -2.22. The highest BCUT2D eigenvalue weighted by atomic mass is 32.2. The van der Waals surface area contributed by atoms with E-state index in [1.807, 2.05) is 0 Å². The Kier molecular flexibility index (Phi) is 6.54. The Labute approximate surface area is 200 Å². The van der Waals surface area contributed by atoms with Crippen molar-refractivity contribution in [2.45, 2.75) is 10.8 Å². The first-order valence-electron chi connectivity index (χ1n) is 9.82. The summed E-state index contributed by atoms with van der Waals surface area (Å²) in [5, 5.41) is 10.7. The van der Waals surface area contributed by atoms with E-state index in [1.165, 1.54) is 12.1 Å². The molecule has 0 aliphatic carbocycles. The fraction of sp³-hybridized carbons (Fsp3) is 0.0435. The Morgan fingerprint density at radius 2 is 1.60 bits per heavy atom. The van der Waals surface area contributed by atoms with Gasteiger partial charge >= 0.3 is 17.0 Å². The molecule has 0 aliphatic heterocycles. The van der Waals surface area contributed by atoms with Gasteiger partial charge in [-0.05, 0) is 11.6 Å². The molecule has 4 aromatic rings. The molecule has 0 spiro atoms. The molecule has 0 radical (unpaired) electrons. The third kappa shape index (κ3) is 4.86. The van der Waals surface area contributed by atoms with Gasteiger partial charge in [0.1, 0.15) is 16.4 Å². The fourth-order valence-electron chi connectivity index (χ4n) is 3.69. The molecule has 1 aromatic heterocycles. The van der Waals surface area contributed by atoms with Crippen LogP contribution in [-0.2, 0) is 21.5 Å². The minimum absolute atomic E-state index is 0.228. The average molecular weight is 517 g/mol. The standard InChI is InChI=1S/C23H16O10S2/c24-20(14-9-5-2-6-10-14)18(13-7-3-1-4-8-13)19-21(25)16-11-15(33-34(27)28)12-17(35(29,30)31)22(16)32-23(19)26/h1-12,18,25H,(H,27,28)(H,29,30,31). The number of hydrogen-bond acceptors (Lipinski definition) is 8. The number of rotatable bonds is 7. The summed E-state index contributed by atoms with van der Waals surface area (Å²) >= 11 is -2.89. The Balaban J connectivity index is 2.07. The van der Waals surface area contributed by atoms with Crippen molar-refractivity contribution in [3.63, 3.8) is 0 Å². The zero-order valence-corrected chi connectivity index (χ0v) is 19.2. The van der Waals surface area contributed by atoms with Crippen LogP contribution in [0.4, 0.5) is 0 Å². The normalized spacial score (nSPS) is 13.3. The zero-order valence-electron chi connectivity index (χ0n) is 17.5. The highest BCUT2D eigenvalue weighted by molar-refractivity contribution is 7.86. The lowest BCUT2D eigenvalue weighted by molar-refractivity contribution is 0.0971. The van der Waals surface area contributed by atoms with Crippen LogP contribution in [0.2, 0.25) is 0 Å². The second kappa shape index (κ2) is 9.43. The number of fused-ring (bicyclic) bond motifs is 1. The highest BCUT2D eigenvalue weighted by Crippen LogP contribution is 2.39. The predicted molar refractivity (Wildman–Crippen MR) is 124 cm³/mol. The summed E-state index contributed by atoms with van der Waals surface area (Å²) in [5.41, 5.74) is -1.89. The maximum atomic E-state index is 13.5. The quantitative estimate of drug-likeness (QED) is 0.143. The van der Waals surface area contributed by atoms with Gasteiger partial charge in [-0.2, -0.15) is 12.6 Å². The topological polar surface area (TPSA) is 168 Å². The molecule has 0 saturated carbocycles. The molecule has 0 amide bonds. The summed E-state index contributed by atoms with van der Waals surface area (Å²) in [4.78, 5) is 25.6. The van der Waals surface area contributed by atoms with E-state index in [-0.39, 0.29) is 5.56 Å². The summed E-state index contributed by atoms with van der Waals surface area (Å²) in [5.74, 6) is -3.28. The SMILES string of the molecule is O=C(c1ccccc1)C(c1ccccc1)c1c(O)c2cc(OS(=O)O)cc(S(=O)(=O)O)c2oc1=O. The first kappa shape index (κ1) is 24.3. The van der Waals surface area contributed by atoms with Gasteiger partial charge in [0.05, 0.1) is 16.9 Å². The smallest absolute Gasteiger partial charge is 0.357 e. The number of hydrogen-bond donors (Lipinski definition) is 3. The maximum Gasteiger partial charge on any atom is 0.357 e. The van der Waals surface area contributed by atoms with E-state index in [1.54, 1.807) is 48.5 Å². The first-order chi connectivity index (χ1) is 16.6. The van der Waals surface area contributed by atoms with Gasteiger partial charge < -0.3 is 13.7 Å². The van der Waals surface area contributed by atoms with Gasteiger partial charge in [0.15, 0.2) is 11.4 Å². The molecule has 0 fully saturated rings. The number of aromatic hydroxyl groups is 1. The number of ketones is 1. The van der Waals surface area contributed by atoms with E-state index in [0.29, 0.717) is 11.6 Å². The van der Waals surface area contributed by atoms with Crippen molar-refractivity contribution in [2.75, 3.05) is 0 Å². The first-order valence-corrected chi connectivity index (χ1v) is 12.3. The third-order valence-corrected chi connectivity index (χ3v) is 6.33. The van der Waals surface area contributed by atoms with Gasteiger partial charge in [0.2, 0.25) is 0 Å². The third-order valence-electron chi connectivity index (χ3n) is 5.14. The molecular formula is C23H16O10S2. The average Bonchev–Trinajstić information content (AvgIpc) is 2.81. The molecule has 180 valence electrons. The second-order valence-electron chi connectivity index (χ2n) is 7.30. The molecule has 2 unspecified atom stereocenters.